The Bertz CT molecular complexity index is 404. The summed E-state index contributed by atoms with van der Waals surface area (Å²) in [5, 5.41) is 0.336. The Kier molecular flexibility index (Phi) is 2.14. The minimum Gasteiger partial charge on any atom is -0.261 e. The average Bonchev–Trinajstić information content (AvgIpc) is 2.20. The molecule has 0 aromatic carbocycles. The minimum atomic E-state index is 0.336. The van der Waals surface area contributed by atoms with Crippen LogP contribution in [0.4, 0.5) is 0 Å². The molecule has 0 amide bonds. The fourth-order valence-electron chi connectivity index (χ4n) is 0.914. The Morgan fingerprint density at radius 2 is 1.69 bits per heavy atom. The summed E-state index contributed by atoms with van der Waals surface area (Å²) in [6.45, 7) is 0. The van der Waals surface area contributed by atoms with Crippen molar-refractivity contribution in [2.75, 3.05) is 0 Å². The molecule has 0 saturated carbocycles. The summed E-state index contributed by atoms with van der Waals surface area (Å²) in [5.41, 5.74) is 1.18. The Labute approximate surface area is 79.7 Å². The second-order valence-electron chi connectivity index (χ2n) is 2.29. The average molecular weight is 193 g/mol. The molecule has 13 heavy (non-hydrogen) atoms. The highest BCUT2D eigenvalue weighted by Crippen LogP contribution is 2.19. The summed E-state index contributed by atoms with van der Waals surface area (Å²) in [5.74, 6) is 0. The van der Waals surface area contributed by atoms with Gasteiger partial charge in [-0.25, -0.2) is 9.97 Å². The first kappa shape index (κ1) is 8.07. The highest BCUT2D eigenvalue weighted by atomic mass is 35.5. The molecule has 2 rings (SSSR count). The van der Waals surface area contributed by atoms with Crippen LogP contribution in [0.3, 0.4) is 0 Å². The highest BCUT2D eigenvalue weighted by molar-refractivity contribution is 6.31. The molecule has 0 spiro atoms. The lowest BCUT2D eigenvalue weighted by Crippen LogP contribution is -1.90. The van der Waals surface area contributed by atoms with Gasteiger partial charge in [0.25, 0.3) is 0 Å². The van der Waals surface area contributed by atoms with Gasteiger partial charge in [0.15, 0.2) is 5.15 Å². The van der Waals surface area contributed by atoms with E-state index in [1.165, 1.54) is 6.20 Å². The molecule has 4 nitrogen and oxygen atoms in total. The molecule has 0 atom stereocenters. The molecule has 0 aliphatic heterocycles. The van der Waals surface area contributed by atoms with E-state index in [0.29, 0.717) is 16.5 Å². The maximum atomic E-state index is 5.82. The van der Waals surface area contributed by atoms with E-state index in [1.54, 1.807) is 24.8 Å². The van der Waals surface area contributed by atoms with Gasteiger partial charge in [0.05, 0.1) is 6.20 Å². The van der Waals surface area contributed by atoms with E-state index in [1.807, 2.05) is 0 Å². The third kappa shape index (κ3) is 1.62. The zero-order chi connectivity index (χ0) is 9.10. The molecule has 0 unspecified atom stereocenters. The summed E-state index contributed by atoms with van der Waals surface area (Å²) in [6.07, 6.45) is 7.86. The van der Waals surface area contributed by atoms with Crippen molar-refractivity contribution in [3.8, 4) is 11.4 Å². The van der Waals surface area contributed by atoms with Crippen molar-refractivity contribution in [2.45, 2.75) is 0 Å². The Morgan fingerprint density at radius 1 is 0.923 bits per heavy atom. The molecule has 64 valence electrons. The van der Waals surface area contributed by atoms with Crippen LogP contribution in [0, 0.1) is 0 Å². The van der Waals surface area contributed by atoms with Crippen molar-refractivity contribution >= 4 is 11.6 Å². The van der Waals surface area contributed by atoms with Crippen LogP contribution in [0.15, 0.2) is 31.0 Å². The summed E-state index contributed by atoms with van der Waals surface area (Å²) in [6, 6.07) is 0. The molecule has 0 N–H and O–H groups in total. The molecule has 5 heteroatoms. The molecule has 0 bridgehead atoms. The predicted molar refractivity (Wildman–Crippen MR) is 48.1 cm³/mol. The van der Waals surface area contributed by atoms with Gasteiger partial charge in [0, 0.05) is 24.8 Å². The number of hydrogen-bond donors (Lipinski definition) is 0. The summed E-state index contributed by atoms with van der Waals surface area (Å²) in [4.78, 5) is 15.9. The monoisotopic (exact) mass is 192 g/mol. The highest BCUT2D eigenvalue weighted by Gasteiger charge is 2.05. The largest absolute Gasteiger partial charge is 0.261 e. The van der Waals surface area contributed by atoms with Crippen molar-refractivity contribution in [1.29, 1.82) is 0 Å². The van der Waals surface area contributed by atoms with Crippen LogP contribution in [-0.4, -0.2) is 19.9 Å². The van der Waals surface area contributed by atoms with Gasteiger partial charge in [-0.2, -0.15) is 0 Å². The van der Waals surface area contributed by atoms with Crippen molar-refractivity contribution in [3.05, 3.63) is 36.1 Å². The van der Waals surface area contributed by atoms with Crippen molar-refractivity contribution in [1.82, 2.24) is 19.9 Å². The number of aromatic nitrogens is 4. The van der Waals surface area contributed by atoms with Crippen LogP contribution in [0.1, 0.15) is 0 Å². The van der Waals surface area contributed by atoms with Gasteiger partial charge >= 0.3 is 0 Å². The Morgan fingerprint density at radius 3 is 2.38 bits per heavy atom. The molecule has 0 saturated heterocycles. The van der Waals surface area contributed by atoms with Gasteiger partial charge < -0.3 is 0 Å². The first-order valence-corrected chi connectivity index (χ1v) is 3.98. The SMILES string of the molecule is Clc1nccnc1-c1cnccn1. The lowest BCUT2D eigenvalue weighted by Gasteiger charge is -1.98. The summed E-state index contributed by atoms with van der Waals surface area (Å²) in [7, 11) is 0. The second-order valence-corrected chi connectivity index (χ2v) is 2.64. The maximum absolute atomic E-state index is 5.82. The first-order valence-electron chi connectivity index (χ1n) is 3.61. The second kappa shape index (κ2) is 3.45. The fraction of sp³-hybridized carbons (Fsp3) is 0. The zero-order valence-electron chi connectivity index (χ0n) is 6.55. The van der Waals surface area contributed by atoms with Gasteiger partial charge in [0.1, 0.15) is 11.4 Å². The van der Waals surface area contributed by atoms with Gasteiger partial charge in [0.2, 0.25) is 0 Å². The zero-order valence-corrected chi connectivity index (χ0v) is 7.31. The van der Waals surface area contributed by atoms with Crippen LogP contribution in [-0.2, 0) is 0 Å². The van der Waals surface area contributed by atoms with E-state index in [2.05, 4.69) is 19.9 Å². The molecule has 2 heterocycles. The van der Waals surface area contributed by atoms with Crippen molar-refractivity contribution < 1.29 is 0 Å². The molecule has 0 radical (unpaired) electrons. The smallest absolute Gasteiger partial charge is 0.156 e. The Balaban J connectivity index is 2.54. The third-order valence-electron chi connectivity index (χ3n) is 1.46. The quantitative estimate of drug-likeness (QED) is 0.689. The molecular formula is C8H5ClN4. The van der Waals surface area contributed by atoms with E-state index in [0.717, 1.165) is 0 Å². The first-order chi connectivity index (χ1) is 6.38. The van der Waals surface area contributed by atoms with Gasteiger partial charge in [-0.05, 0) is 0 Å². The number of nitrogens with zero attached hydrogens (tertiary/aromatic N) is 4. The summed E-state index contributed by atoms with van der Waals surface area (Å²) >= 11 is 5.82. The van der Waals surface area contributed by atoms with Crippen LogP contribution < -0.4 is 0 Å². The van der Waals surface area contributed by atoms with Crippen LogP contribution in [0.2, 0.25) is 5.15 Å². The van der Waals surface area contributed by atoms with E-state index in [4.69, 9.17) is 11.6 Å². The topological polar surface area (TPSA) is 51.6 Å². The van der Waals surface area contributed by atoms with Gasteiger partial charge in [-0.15, -0.1) is 0 Å². The Hall–Kier alpha value is -1.55. The minimum absolute atomic E-state index is 0.336. The van der Waals surface area contributed by atoms with Crippen molar-refractivity contribution in [3.63, 3.8) is 0 Å². The summed E-state index contributed by atoms with van der Waals surface area (Å²) < 4.78 is 0. The third-order valence-corrected chi connectivity index (χ3v) is 1.74. The van der Waals surface area contributed by atoms with Crippen LogP contribution in [0.25, 0.3) is 11.4 Å². The van der Waals surface area contributed by atoms with Crippen LogP contribution in [0.5, 0.6) is 0 Å². The normalized spacial score (nSPS) is 9.92. The van der Waals surface area contributed by atoms with E-state index < -0.39 is 0 Å². The fourth-order valence-corrected chi connectivity index (χ4v) is 1.12. The number of hydrogen-bond acceptors (Lipinski definition) is 4. The standard InChI is InChI=1S/C8H5ClN4/c9-8-7(12-3-4-13-8)6-5-10-1-2-11-6/h1-5H. The molecule has 0 aliphatic carbocycles. The molecule has 0 aliphatic rings. The molecule has 0 fully saturated rings. The lowest BCUT2D eigenvalue weighted by atomic mass is 10.3. The van der Waals surface area contributed by atoms with Crippen molar-refractivity contribution in [2.24, 2.45) is 0 Å². The molecule has 2 aromatic heterocycles. The predicted octanol–water partition coefficient (Wildman–Crippen LogP) is 1.59. The van der Waals surface area contributed by atoms with Crippen LogP contribution >= 0.6 is 11.6 Å². The maximum Gasteiger partial charge on any atom is 0.156 e. The molecular weight excluding hydrogens is 188 g/mol. The van der Waals surface area contributed by atoms with E-state index in [-0.39, 0.29) is 0 Å². The number of rotatable bonds is 1. The van der Waals surface area contributed by atoms with Gasteiger partial charge in [-0.3, -0.25) is 9.97 Å². The van der Waals surface area contributed by atoms with E-state index in [9.17, 15) is 0 Å². The molecule has 2 aromatic rings. The lowest BCUT2D eigenvalue weighted by molar-refractivity contribution is 1.14. The van der Waals surface area contributed by atoms with E-state index >= 15 is 0 Å². The number of halogens is 1. The van der Waals surface area contributed by atoms with Gasteiger partial charge in [-0.1, -0.05) is 11.6 Å².